The number of allylic oxidation sites excluding steroid dienone is 1. The lowest BCUT2D eigenvalue weighted by Crippen LogP contribution is -2.35. The normalized spacial score (nSPS) is 19.5. The zero-order valence-corrected chi connectivity index (χ0v) is 18.5. The number of nitrogens with zero attached hydrogens (tertiary/aromatic N) is 4. The van der Waals surface area contributed by atoms with E-state index < -0.39 is 17.7 Å². The van der Waals surface area contributed by atoms with E-state index >= 15 is 0 Å². The number of carbonyl (C=O) groups excluding carboxylic acids is 2. The smallest absolute Gasteiger partial charge is 0.262 e. The Bertz CT molecular complexity index is 1280. The highest BCUT2D eigenvalue weighted by atomic mass is 16.5. The monoisotopic (exact) mass is 447 g/mol. The third-order valence-corrected chi connectivity index (χ3v) is 5.88. The molecule has 2 aliphatic heterocycles. The molecule has 1 atom stereocenters. The maximum atomic E-state index is 12.9. The summed E-state index contributed by atoms with van der Waals surface area (Å²) in [6.07, 6.45) is 3.25. The van der Waals surface area contributed by atoms with Crippen LogP contribution in [0.25, 0.3) is 22.6 Å². The van der Waals surface area contributed by atoms with Gasteiger partial charge in [-0.15, -0.1) is 0 Å². The molecular weight excluding hydrogens is 422 g/mol. The second-order valence-electron chi connectivity index (χ2n) is 8.39. The van der Waals surface area contributed by atoms with Crippen LogP contribution in [0.2, 0.25) is 0 Å². The summed E-state index contributed by atoms with van der Waals surface area (Å²) in [5.74, 6) is -1.31. The highest BCUT2D eigenvalue weighted by molar-refractivity contribution is 6.16. The molecular formula is C23H25N7O3. The average Bonchev–Trinajstić information content (AvgIpc) is 3.40. The van der Waals surface area contributed by atoms with Gasteiger partial charge < -0.3 is 15.0 Å². The number of nitrogens with one attached hydrogen (secondary N) is 3. The van der Waals surface area contributed by atoms with Crippen LogP contribution in [0.4, 0.5) is 5.69 Å². The summed E-state index contributed by atoms with van der Waals surface area (Å²) in [4.78, 5) is 39.4. The van der Waals surface area contributed by atoms with Gasteiger partial charge in [0.25, 0.3) is 5.91 Å². The number of hydrogen-bond donors (Lipinski definition) is 3. The van der Waals surface area contributed by atoms with Crippen molar-refractivity contribution >= 4 is 34.2 Å². The number of hydrogen-bond acceptors (Lipinski definition) is 6. The lowest BCUT2D eigenvalue weighted by Gasteiger charge is -2.26. The number of rotatable bonds is 5. The highest BCUT2D eigenvalue weighted by Crippen LogP contribution is 2.28. The minimum atomic E-state index is -0.949. The van der Waals surface area contributed by atoms with Crippen molar-refractivity contribution in [3.05, 3.63) is 41.6 Å². The largest absolute Gasteiger partial charge is 0.379 e. The first-order valence-corrected chi connectivity index (χ1v) is 10.9. The molecule has 2 aromatic heterocycles. The number of H-pyrrole nitrogens is 2. The predicted octanol–water partition coefficient (Wildman–Crippen LogP) is 2.29. The number of benzene rings is 1. The van der Waals surface area contributed by atoms with Crippen molar-refractivity contribution in [2.45, 2.75) is 20.4 Å². The molecule has 0 bridgehead atoms. The molecule has 3 N–H and O–H groups in total. The Kier molecular flexibility index (Phi) is 5.61. The second kappa shape index (κ2) is 8.72. The van der Waals surface area contributed by atoms with Crippen LogP contribution < -0.4 is 5.32 Å². The van der Waals surface area contributed by atoms with Gasteiger partial charge in [0.1, 0.15) is 11.6 Å². The summed E-state index contributed by atoms with van der Waals surface area (Å²) >= 11 is 0. The van der Waals surface area contributed by atoms with Gasteiger partial charge in [-0.2, -0.15) is 5.10 Å². The van der Waals surface area contributed by atoms with Gasteiger partial charge in [-0.1, -0.05) is 6.07 Å². The number of anilines is 1. The lowest BCUT2D eigenvalue weighted by molar-refractivity contribution is -0.128. The molecule has 170 valence electrons. The standard InChI is InChI=1S/C23H25N7O3/c1-13-9-14(2)25-22(31)19(13)23(32)28-18-11-24-29-20(18)21-26-16-4-3-15(10-17(16)27-21)12-30-5-7-33-8-6-30/h3-4,9-11,19H,5-8,12H2,1-2H3,(H,24,29)(H,26,27)(H,28,32). The van der Waals surface area contributed by atoms with Crippen LogP contribution in [-0.4, -0.2) is 68.9 Å². The molecule has 33 heavy (non-hydrogen) atoms. The molecule has 10 heteroatoms. The van der Waals surface area contributed by atoms with Crippen LogP contribution in [0.3, 0.4) is 0 Å². The molecule has 4 heterocycles. The molecule has 5 rings (SSSR count). The molecule has 10 nitrogen and oxygen atoms in total. The molecule has 1 aromatic carbocycles. The Morgan fingerprint density at radius 3 is 2.88 bits per heavy atom. The molecule has 0 saturated carbocycles. The second-order valence-corrected chi connectivity index (χ2v) is 8.39. The molecule has 3 aromatic rings. The van der Waals surface area contributed by atoms with Crippen molar-refractivity contribution in [2.24, 2.45) is 10.9 Å². The third kappa shape index (κ3) is 4.35. The van der Waals surface area contributed by atoms with E-state index in [1.807, 2.05) is 6.07 Å². The van der Waals surface area contributed by atoms with E-state index in [0.29, 0.717) is 28.5 Å². The molecule has 2 amide bonds. The van der Waals surface area contributed by atoms with E-state index in [-0.39, 0.29) is 0 Å². The quantitative estimate of drug-likeness (QED) is 0.515. The summed E-state index contributed by atoms with van der Waals surface area (Å²) in [5, 5.41) is 9.76. The number of morpholine rings is 1. The van der Waals surface area contributed by atoms with E-state index in [1.165, 1.54) is 11.8 Å². The fourth-order valence-electron chi connectivity index (χ4n) is 4.25. The summed E-state index contributed by atoms with van der Waals surface area (Å²) in [7, 11) is 0. The summed E-state index contributed by atoms with van der Waals surface area (Å²) in [6.45, 7) is 7.71. The van der Waals surface area contributed by atoms with Crippen molar-refractivity contribution in [1.82, 2.24) is 25.1 Å². The van der Waals surface area contributed by atoms with Gasteiger partial charge in [-0.3, -0.25) is 19.6 Å². The molecule has 0 radical (unpaired) electrons. The average molecular weight is 447 g/mol. The Morgan fingerprint density at radius 2 is 2.09 bits per heavy atom. The number of imidazole rings is 1. The van der Waals surface area contributed by atoms with Gasteiger partial charge >= 0.3 is 0 Å². The van der Waals surface area contributed by atoms with Crippen LogP contribution in [0, 0.1) is 5.92 Å². The maximum absolute atomic E-state index is 12.9. The molecule has 0 aliphatic carbocycles. The van der Waals surface area contributed by atoms with Crippen molar-refractivity contribution in [1.29, 1.82) is 0 Å². The van der Waals surface area contributed by atoms with E-state index in [2.05, 4.69) is 47.5 Å². The number of fused-ring (bicyclic) bond motifs is 1. The number of ether oxygens (including phenoxy) is 1. The van der Waals surface area contributed by atoms with E-state index in [9.17, 15) is 9.59 Å². The van der Waals surface area contributed by atoms with Gasteiger partial charge in [0, 0.05) is 25.3 Å². The Morgan fingerprint density at radius 1 is 1.27 bits per heavy atom. The lowest BCUT2D eigenvalue weighted by atomic mass is 9.95. The summed E-state index contributed by atoms with van der Waals surface area (Å²) in [5.41, 5.74) is 5.14. The van der Waals surface area contributed by atoms with E-state index in [0.717, 1.165) is 43.9 Å². The fraction of sp³-hybridized carbons (Fsp3) is 0.348. The number of amides is 2. The number of aromatic nitrogens is 4. The van der Waals surface area contributed by atoms with Crippen LogP contribution in [0.15, 0.2) is 41.0 Å². The molecule has 2 aliphatic rings. The Hall–Kier alpha value is -3.63. The Labute approximate surface area is 190 Å². The number of aromatic amines is 2. The van der Waals surface area contributed by atoms with E-state index in [1.54, 1.807) is 19.9 Å². The summed E-state index contributed by atoms with van der Waals surface area (Å²) in [6, 6.07) is 6.14. The maximum Gasteiger partial charge on any atom is 0.262 e. The zero-order chi connectivity index (χ0) is 22.9. The van der Waals surface area contributed by atoms with Crippen molar-refractivity contribution in [3.63, 3.8) is 0 Å². The minimum absolute atomic E-state index is 0.444. The number of dihydropyridines is 1. The van der Waals surface area contributed by atoms with Gasteiger partial charge in [0.15, 0.2) is 5.82 Å². The van der Waals surface area contributed by atoms with Crippen LogP contribution in [0.1, 0.15) is 19.4 Å². The topological polar surface area (TPSA) is 128 Å². The first-order chi connectivity index (χ1) is 16.0. The fourth-order valence-corrected chi connectivity index (χ4v) is 4.25. The molecule has 0 spiro atoms. The zero-order valence-electron chi connectivity index (χ0n) is 18.5. The predicted molar refractivity (Wildman–Crippen MR) is 124 cm³/mol. The number of aliphatic imine (C=N–C) groups is 1. The van der Waals surface area contributed by atoms with Gasteiger partial charge in [0.05, 0.1) is 36.1 Å². The molecule has 1 fully saturated rings. The van der Waals surface area contributed by atoms with Crippen molar-refractivity contribution < 1.29 is 14.3 Å². The third-order valence-electron chi connectivity index (χ3n) is 5.88. The SMILES string of the molecule is CC1=CC(C)=NC(=O)C1C(=O)Nc1cn[nH]c1-c1nc2ccc(CN3CCOCC3)cc2[nH]1. The van der Waals surface area contributed by atoms with Crippen LogP contribution in [-0.2, 0) is 20.9 Å². The first kappa shape index (κ1) is 21.2. The van der Waals surface area contributed by atoms with E-state index in [4.69, 9.17) is 4.74 Å². The minimum Gasteiger partial charge on any atom is -0.379 e. The van der Waals surface area contributed by atoms with Crippen LogP contribution in [0.5, 0.6) is 0 Å². The highest BCUT2D eigenvalue weighted by Gasteiger charge is 2.31. The van der Waals surface area contributed by atoms with Crippen molar-refractivity contribution in [3.8, 4) is 11.5 Å². The first-order valence-electron chi connectivity index (χ1n) is 10.9. The van der Waals surface area contributed by atoms with Gasteiger partial charge in [0.2, 0.25) is 5.91 Å². The van der Waals surface area contributed by atoms with Gasteiger partial charge in [-0.25, -0.2) is 9.98 Å². The molecule has 1 unspecified atom stereocenters. The number of carbonyl (C=O) groups is 2. The molecule has 1 saturated heterocycles. The van der Waals surface area contributed by atoms with Crippen molar-refractivity contribution in [2.75, 3.05) is 31.6 Å². The Balaban J connectivity index is 1.36. The summed E-state index contributed by atoms with van der Waals surface area (Å²) < 4.78 is 5.42. The van der Waals surface area contributed by atoms with Crippen LogP contribution >= 0.6 is 0 Å². The van der Waals surface area contributed by atoms with Gasteiger partial charge in [-0.05, 0) is 43.2 Å².